The van der Waals surface area contributed by atoms with Gasteiger partial charge in [-0.15, -0.1) is 0 Å². The van der Waals surface area contributed by atoms with Gasteiger partial charge in [0.15, 0.2) is 5.78 Å². The van der Waals surface area contributed by atoms with Gasteiger partial charge in [0.05, 0.1) is 0 Å². The van der Waals surface area contributed by atoms with Crippen molar-refractivity contribution in [3.63, 3.8) is 0 Å². The van der Waals surface area contributed by atoms with Crippen molar-refractivity contribution in [2.75, 3.05) is 7.05 Å². The first-order valence-electron chi connectivity index (χ1n) is 5.59. The molecule has 2 aliphatic rings. The number of carbonyl (C=O) groups is 1. The van der Waals surface area contributed by atoms with E-state index < -0.39 is 5.54 Å². The summed E-state index contributed by atoms with van der Waals surface area (Å²) < 4.78 is 0. The fraction of sp³-hybridized carbons (Fsp3) is 0.462. The van der Waals surface area contributed by atoms with Crippen molar-refractivity contribution in [2.24, 2.45) is 0 Å². The van der Waals surface area contributed by atoms with E-state index in [9.17, 15) is 4.79 Å². The van der Waals surface area contributed by atoms with Crippen LogP contribution in [0.1, 0.15) is 25.7 Å². The molecule has 2 rings (SSSR count). The predicted octanol–water partition coefficient (Wildman–Crippen LogP) is 3.01. The second-order valence-corrected chi connectivity index (χ2v) is 4.84. The molecule has 1 aliphatic carbocycles. The molecule has 0 aromatic carbocycles. The van der Waals surface area contributed by atoms with Gasteiger partial charge in [0.2, 0.25) is 0 Å². The summed E-state index contributed by atoms with van der Waals surface area (Å²) >= 11 is 6.16. The van der Waals surface area contributed by atoms with Gasteiger partial charge in [-0.3, -0.25) is 4.79 Å². The Hall–Kier alpha value is -1.02. The highest BCUT2D eigenvalue weighted by atomic mass is 35.5. The van der Waals surface area contributed by atoms with Crippen LogP contribution in [-0.2, 0) is 4.79 Å². The van der Waals surface area contributed by atoms with Crippen molar-refractivity contribution in [1.82, 2.24) is 4.90 Å². The molecule has 0 saturated heterocycles. The number of rotatable bonds is 0. The van der Waals surface area contributed by atoms with Crippen LogP contribution in [0, 0.1) is 0 Å². The minimum absolute atomic E-state index is 0.240. The van der Waals surface area contributed by atoms with E-state index in [0.29, 0.717) is 11.5 Å². The van der Waals surface area contributed by atoms with Crippen LogP contribution in [-0.4, -0.2) is 23.3 Å². The highest BCUT2D eigenvalue weighted by Gasteiger charge is 2.46. The number of nitrogens with zero attached hydrogens (tertiary/aromatic N) is 1. The molecule has 0 aromatic rings. The smallest absolute Gasteiger partial charge is 0.162 e. The lowest BCUT2D eigenvalue weighted by Gasteiger charge is -2.43. The average Bonchev–Trinajstić information content (AvgIpc) is 2.37. The summed E-state index contributed by atoms with van der Waals surface area (Å²) in [6, 6.07) is 0. The summed E-state index contributed by atoms with van der Waals surface area (Å²) in [6.07, 6.45) is 9.04. The van der Waals surface area contributed by atoms with Crippen LogP contribution < -0.4 is 0 Å². The molecule has 1 heterocycles. The zero-order chi connectivity index (χ0) is 11.8. The van der Waals surface area contributed by atoms with Crippen LogP contribution in [0.5, 0.6) is 0 Å². The molecule has 0 radical (unpaired) electrons. The fourth-order valence-corrected chi connectivity index (χ4v) is 2.83. The minimum atomic E-state index is -0.598. The molecule has 1 aliphatic heterocycles. The highest BCUT2D eigenvalue weighted by Crippen LogP contribution is 2.40. The van der Waals surface area contributed by atoms with Gasteiger partial charge in [0.1, 0.15) is 5.54 Å². The second kappa shape index (κ2) is 4.10. The standard InChI is InChI=1S/C13H16ClNO/c1-10-11(14)6-5-9-15(2)13(10)8-4-3-7-12(13)16/h5-6,9H,1,3-4,7-8H2,2H3/t13-/m1/s1. The number of hydrogen-bond donors (Lipinski definition) is 0. The van der Waals surface area contributed by atoms with Crippen LogP contribution >= 0.6 is 11.6 Å². The van der Waals surface area contributed by atoms with Gasteiger partial charge in [-0.05, 0) is 37.0 Å². The Morgan fingerprint density at radius 1 is 1.50 bits per heavy atom. The number of carbonyl (C=O) groups excluding carboxylic acids is 1. The molecule has 2 nitrogen and oxygen atoms in total. The molecule has 0 amide bonds. The first kappa shape index (κ1) is 11.5. The molecule has 86 valence electrons. The maximum Gasteiger partial charge on any atom is 0.162 e. The molecule has 1 atom stereocenters. The largest absolute Gasteiger partial charge is 0.364 e. The molecular weight excluding hydrogens is 222 g/mol. The zero-order valence-corrected chi connectivity index (χ0v) is 10.3. The Morgan fingerprint density at radius 2 is 2.25 bits per heavy atom. The van der Waals surface area contributed by atoms with Crippen LogP contribution in [0.15, 0.2) is 35.5 Å². The van der Waals surface area contributed by atoms with Gasteiger partial charge >= 0.3 is 0 Å². The minimum Gasteiger partial charge on any atom is -0.364 e. The van der Waals surface area contributed by atoms with Crippen molar-refractivity contribution < 1.29 is 4.79 Å². The molecule has 16 heavy (non-hydrogen) atoms. The third-order valence-electron chi connectivity index (χ3n) is 3.60. The summed E-state index contributed by atoms with van der Waals surface area (Å²) in [5.74, 6) is 0.240. The average molecular weight is 238 g/mol. The van der Waals surface area contributed by atoms with Gasteiger partial charge in [-0.2, -0.15) is 0 Å². The monoisotopic (exact) mass is 237 g/mol. The zero-order valence-electron chi connectivity index (χ0n) is 9.50. The lowest BCUT2D eigenvalue weighted by Crippen LogP contribution is -2.53. The SMILES string of the molecule is C=C1C(Cl)=CC=CN(C)[C@]12CCCCC2=O. The highest BCUT2D eigenvalue weighted by molar-refractivity contribution is 6.32. The quantitative estimate of drug-likeness (QED) is 0.646. The predicted molar refractivity (Wildman–Crippen MR) is 66.2 cm³/mol. The van der Waals surface area contributed by atoms with Crippen molar-refractivity contribution in [3.8, 4) is 0 Å². The second-order valence-electron chi connectivity index (χ2n) is 4.44. The number of likely N-dealkylation sites (N-methyl/N-ethyl adjacent to an activating group) is 1. The summed E-state index contributed by atoms with van der Waals surface area (Å²) in [6.45, 7) is 4.03. The van der Waals surface area contributed by atoms with Gasteiger partial charge in [0.25, 0.3) is 0 Å². The van der Waals surface area contributed by atoms with E-state index in [0.717, 1.165) is 24.8 Å². The number of allylic oxidation sites excluding steroid dienone is 2. The van der Waals surface area contributed by atoms with Crippen LogP contribution in [0.2, 0.25) is 0 Å². The molecule has 0 bridgehead atoms. The number of Topliss-reactive ketones (excluding diaryl/α,β-unsaturated/α-hetero) is 1. The maximum atomic E-state index is 12.3. The maximum absolute atomic E-state index is 12.3. The molecule has 1 saturated carbocycles. The van der Waals surface area contributed by atoms with Crippen LogP contribution in [0.4, 0.5) is 0 Å². The molecule has 0 aromatic heterocycles. The fourth-order valence-electron chi connectivity index (χ4n) is 2.60. The van der Waals surface area contributed by atoms with Crippen molar-refractivity contribution in [1.29, 1.82) is 0 Å². The van der Waals surface area contributed by atoms with Crippen molar-refractivity contribution >= 4 is 17.4 Å². The van der Waals surface area contributed by atoms with E-state index in [-0.39, 0.29) is 5.78 Å². The van der Waals surface area contributed by atoms with Crippen molar-refractivity contribution in [3.05, 3.63) is 35.5 Å². The van der Waals surface area contributed by atoms with E-state index in [1.165, 1.54) is 0 Å². The van der Waals surface area contributed by atoms with E-state index in [4.69, 9.17) is 11.6 Å². The summed E-state index contributed by atoms with van der Waals surface area (Å²) in [5, 5.41) is 0.593. The van der Waals surface area contributed by atoms with E-state index in [1.807, 2.05) is 24.2 Å². The van der Waals surface area contributed by atoms with Crippen molar-refractivity contribution in [2.45, 2.75) is 31.2 Å². The number of ketones is 1. The molecule has 0 unspecified atom stereocenters. The van der Waals surface area contributed by atoms with E-state index >= 15 is 0 Å². The van der Waals surface area contributed by atoms with Gasteiger partial charge in [0, 0.05) is 24.7 Å². The summed E-state index contributed by atoms with van der Waals surface area (Å²) in [7, 11) is 1.92. The number of hydrogen-bond acceptors (Lipinski definition) is 2. The van der Waals surface area contributed by atoms with Crippen LogP contribution in [0.25, 0.3) is 0 Å². The van der Waals surface area contributed by atoms with Gasteiger partial charge in [-0.1, -0.05) is 18.2 Å². The summed E-state index contributed by atoms with van der Waals surface area (Å²) in [4.78, 5) is 14.2. The molecule has 1 fully saturated rings. The molecule has 1 spiro atoms. The third-order valence-corrected chi connectivity index (χ3v) is 3.95. The Labute approximate surface area is 101 Å². The molecule has 0 N–H and O–H groups in total. The third kappa shape index (κ3) is 1.52. The van der Waals surface area contributed by atoms with E-state index in [2.05, 4.69) is 6.58 Å². The Kier molecular flexibility index (Phi) is 2.94. The Balaban J connectivity index is 2.49. The Morgan fingerprint density at radius 3 is 2.94 bits per heavy atom. The number of halogens is 1. The van der Waals surface area contributed by atoms with Gasteiger partial charge < -0.3 is 4.90 Å². The summed E-state index contributed by atoms with van der Waals surface area (Å²) in [5.41, 5.74) is 0.144. The first-order valence-corrected chi connectivity index (χ1v) is 5.97. The van der Waals surface area contributed by atoms with Gasteiger partial charge in [-0.25, -0.2) is 0 Å². The lowest BCUT2D eigenvalue weighted by atomic mass is 9.74. The molecular formula is C13H16ClNO. The first-order chi connectivity index (χ1) is 7.59. The molecule has 3 heteroatoms. The van der Waals surface area contributed by atoms with E-state index in [1.54, 1.807) is 6.08 Å². The Bertz CT molecular complexity index is 397. The van der Waals surface area contributed by atoms with Crippen LogP contribution in [0.3, 0.4) is 0 Å². The lowest BCUT2D eigenvalue weighted by molar-refractivity contribution is -0.129. The topological polar surface area (TPSA) is 20.3 Å². The normalized spacial score (nSPS) is 30.6.